The first-order valence-electron chi connectivity index (χ1n) is 7.27. The van der Waals surface area contributed by atoms with Crippen LogP contribution in [0.1, 0.15) is 5.89 Å². The van der Waals surface area contributed by atoms with Gasteiger partial charge >= 0.3 is 0 Å². The van der Waals surface area contributed by atoms with Crippen molar-refractivity contribution in [3.05, 3.63) is 56.4 Å². The van der Waals surface area contributed by atoms with E-state index in [2.05, 4.69) is 31.1 Å². The van der Waals surface area contributed by atoms with Crippen molar-refractivity contribution in [2.45, 2.75) is 10.9 Å². The number of thiophene rings is 1. The lowest BCUT2D eigenvalue weighted by Gasteiger charge is -2.05. The summed E-state index contributed by atoms with van der Waals surface area (Å²) in [5.74, 6) is 1.40. The Balaban J connectivity index is 1.55. The molecule has 0 unspecified atom stereocenters. The van der Waals surface area contributed by atoms with Crippen molar-refractivity contribution in [1.82, 2.24) is 19.7 Å². The summed E-state index contributed by atoms with van der Waals surface area (Å²) < 4.78 is 8.91. The molecule has 0 spiro atoms. The van der Waals surface area contributed by atoms with Crippen molar-refractivity contribution >= 4 is 49.2 Å². The lowest BCUT2D eigenvalue weighted by molar-refractivity contribution is 0.528. The average molecular weight is 435 g/mol. The van der Waals surface area contributed by atoms with Crippen molar-refractivity contribution < 1.29 is 4.42 Å². The number of aromatic nitrogens is 4. The van der Waals surface area contributed by atoms with Crippen LogP contribution in [0.15, 0.2) is 54.6 Å². The zero-order chi connectivity index (χ0) is 17.4. The average Bonchev–Trinajstić information content (AvgIpc) is 3.27. The van der Waals surface area contributed by atoms with E-state index in [1.165, 1.54) is 23.1 Å². The van der Waals surface area contributed by atoms with Crippen LogP contribution < -0.4 is 5.56 Å². The third-order valence-corrected chi connectivity index (χ3v) is 5.96. The lowest BCUT2D eigenvalue weighted by Crippen LogP contribution is -2.18. The van der Waals surface area contributed by atoms with E-state index >= 15 is 0 Å². The molecule has 9 heteroatoms. The Bertz CT molecular complexity index is 1100. The molecule has 0 fully saturated rings. The molecule has 1 aromatic carbocycles. The van der Waals surface area contributed by atoms with Crippen LogP contribution in [0.4, 0.5) is 0 Å². The molecule has 25 heavy (non-hydrogen) atoms. The minimum absolute atomic E-state index is 0.0384. The number of rotatable bonds is 4. The Hall–Kier alpha value is -1.97. The first kappa shape index (κ1) is 16.5. The smallest absolute Gasteiger partial charge is 0.271 e. The van der Waals surface area contributed by atoms with E-state index in [0.717, 1.165) is 15.6 Å². The van der Waals surface area contributed by atoms with E-state index in [0.29, 0.717) is 27.4 Å². The molecule has 6 nitrogen and oxygen atoms in total. The standard InChI is InChI=1S/C16H11BrN4O2S2/c1-21-15(22)13-11(6-7-24-13)18-16(21)25-8-12-19-20-14(23-12)9-2-4-10(17)5-3-9/h2-7H,8H2,1H3. The summed E-state index contributed by atoms with van der Waals surface area (Å²) in [5.41, 5.74) is 1.54. The monoisotopic (exact) mass is 434 g/mol. The minimum Gasteiger partial charge on any atom is -0.420 e. The fourth-order valence-corrected chi connectivity index (χ4v) is 4.12. The second-order valence-corrected chi connectivity index (χ2v) is 7.96. The molecular weight excluding hydrogens is 424 g/mol. The SMILES string of the molecule is Cn1c(SCc2nnc(-c3ccc(Br)cc3)o2)nc2ccsc2c1=O. The van der Waals surface area contributed by atoms with Gasteiger partial charge in [-0.25, -0.2) is 4.98 Å². The highest BCUT2D eigenvalue weighted by molar-refractivity contribution is 9.10. The zero-order valence-electron chi connectivity index (χ0n) is 13.0. The predicted octanol–water partition coefficient (Wildman–Crippen LogP) is 4.10. The first-order chi connectivity index (χ1) is 12.1. The fourth-order valence-electron chi connectivity index (χ4n) is 2.24. The van der Waals surface area contributed by atoms with Gasteiger partial charge in [0.2, 0.25) is 11.8 Å². The Morgan fingerprint density at radius 2 is 2.04 bits per heavy atom. The van der Waals surface area contributed by atoms with E-state index in [9.17, 15) is 4.79 Å². The molecule has 0 radical (unpaired) electrons. The van der Waals surface area contributed by atoms with Crippen LogP contribution in [-0.4, -0.2) is 19.7 Å². The van der Waals surface area contributed by atoms with Crippen LogP contribution in [0.5, 0.6) is 0 Å². The topological polar surface area (TPSA) is 73.8 Å². The summed E-state index contributed by atoms with van der Waals surface area (Å²) in [6.45, 7) is 0. The molecule has 0 amide bonds. The van der Waals surface area contributed by atoms with E-state index in [1.807, 2.05) is 35.7 Å². The third kappa shape index (κ3) is 3.26. The zero-order valence-corrected chi connectivity index (χ0v) is 16.2. The van der Waals surface area contributed by atoms with Crippen molar-refractivity contribution in [2.24, 2.45) is 7.05 Å². The van der Waals surface area contributed by atoms with E-state index in [-0.39, 0.29) is 5.56 Å². The third-order valence-electron chi connectivity index (χ3n) is 3.53. The maximum Gasteiger partial charge on any atom is 0.271 e. The summed E-state index contributed by atoms with van der Waals surface area (Å²) in [6, 6.07) is 9.51. The molecule has 0 N–H and O–H groups in total. The van der Waals surface area contributed by atoms with Gasteiger partial charge in [-0.15, -0.1) is 21.5 Å². The first-order valence-corrected chi connectivity index (χ1v) is 9.93. The van der Waals surface area contributed by atoms with Crippen LogP contribution in [0.3, 0.4) is 0 Å². The van der Waals surface area contributed by atoms with Crippen molar-refractivity contribution in [3.8, 4) is 11.5 Å². The quantitative estimate of drug-likeness (QED) is 0.355. The summed E-state index contributed by atoms with van der Waals surface area (Å²) in [5, 5.41) is 10.6. The molecule has 0 atom stereocenters. The molecule has 4 rings (SSSR count). The maximum absolute atomic E-state index is 12.3. The number of thioether (sulfide) groups is 1. The van der Waals surface area contributed by atoms with Gasteiger partial charge in [-0.3, -0.25) is 9.36 Å². The molecule has 0 bridgehead atoms. The van der Waals surface area contributed by atoms with Gasteiger partial charge in [-0.05, 0) is 35.7 Å². The van der Waals surface area contributed by atoms with Crippen LogP contribution in [0, 0.1) is 0 Å². The van der Waals surface area contributed by atoms with Crippen LogP contribution >= 0.6 is 39.0 Å². The van der Waals surface area contributed by atoms with Crippen LogP contribution in [0.2, 0.25) is 0 Å². The van der Waals surface area contributed by atoms with E-state index < -0.39 is 0 Å². The Labute approximate surface area is 159 Å². The molecule has 0 aliphatic rings. The predicted molar refractivity (Wildman–Crippen MR) is 102 cm³/mol. The summed E-state index contributed by atoms with van der Waals surface area (Å²) in [4.78, 5) is 16.8. The number of benzene rings is 1. The Morgan fingerprint density at radius 3 is 2.84 bits per heavy atom. The van der Waals surface area contributed by atoms with Crippen LogP contribution in [-0.2, 0) is 12.8 Å². The molecule has 0 saturated carbocycles. The summed E-state index contributed by atoms with van der Waals surface area (Å²) in [7, 11) is 1.72. The fraction of sp³-hybridized carbons (Fsp3) is 0.125. The van der Waals surface area contributed by atoms with Gasteiger partial charge in [0.05, 0.1) is 11.3 Å². The number of halogens is 1. The molecule has 3 heterocycles. The Kier molecular flexibility index (Phi) is 4.45. The van der Waals surface area contributed by atoms with Gasteiger partial charge in [-0.2, -0.15) is 0 Å². The molecule has 0 aliphatic heterocycles. The second-order valence-electron chi connectivity index (χ2n) is 5.19. The number of fused-ring (bicyclic) bond motifs is 1. The highest BCUT2D eigenvalue weighted by Gasteiger charge is 2.13. The highest BCUT2D eigenvalue weighted by Crippen LogP contribution is 2.25. The lowest BCUT2D eigenvalue weighted by atomic mass is 10.2. The van der Waals surface area contributed by atoms with Crippen LogP contribution in [0.25, 0.3) is 21.7 Å². The van der Waals surface area contributed by atoms with Crippen molar-refractivity contribution in [1.29, 1.82) is 0 Å². The molecule has 0 aliphatic carbocycles. The normalized spacial score (nSPS) is 11.3. The molecule has 126 valence electrons. The number of hydrogen-bond acceptors (Lipinski definition) is 7. The molecule has 0 saturated heterocycles. The Morgan fingerprint density at radius 1 is 1.24 bits per heavy atom. The van der Waals surface area contributed by atoms with Gasteiger partial charge in [-0.1, -0.05) is 27.7 Å². The summed E-state index contributed by atoms with van der Waals surface area (Å²) >= 11 is 6.20. The molecule has 3 aromatic heterocycles. The van der Waals surface area contributed by atoms with Gasteiger partial charge in [0, 0.05) is 17.1 Å². The highest BCUT2D eigenvalue weighted by atomic mass is 79.9. The van der Waals surface area contributed by atoms with Gasteiger partial charge in [0.1, 0.15) is 4.70 Å². The van der Waals surface area contributed by atoms with Crippen molar-refractivity contribution in [3.63, 3.8) is 0 Å². The molecule has 4 aromatic rings. The van der Waals surface area contributed by atoms with Gasteiger partial charge in [0.25, 0.3) is 5.56 Å². The number of nitrogens with zero attached hydrogens (tertiary/aromatic N) is 4. The van der Waals surface area contributed by atoms with Crippen molar-refractivity contribution in [2.75, 3.05) is 0 Å². The van der Waals surface area contributed by atoms with Gasteiger partial charge in [0.15, 0.2) is 5.16 Å². The van der Waals surface area contributed by atoms with E-state index in [4.69, 9.17) is 4.42 Å². The second kappa shape index (κ2) is 6.74. The summed E-state index contributed by atoms with van der Waals surface area (Å²) in [6.07, 6.45) is 0. The maximum atomic E-state index is 12.3. The number of hydrogen-bond donors (Lipinski definition) is 0. The van der Waals surface area contributed by atoms with E-state index in [1.54, 1.807) is 11.6 Å². The van der Waals surface area contributed by atoms with Gasteiger partial charge < -0.3 is 4.42 Å². The minimum atomic E-state index is -0.0384. The molecular formula is C16H11BrN4O2S2. The largest absolute Gasteiger partial charge is 0.420 e.